The van der Waals surface area contributed by atoms with Gasteiger partial charge in [-0.2, -0.15) is 0 Å². The maximum Gasteiger partial charge on any atom is 0.325 e. The predicted octanol–water partition coefficient (Wildman–Crippen LogP) is 0.955. The van der Waals surface area contributed by atoms with Crippen LogP contribution < -0.4 is 10.5 Å². The Morgan fingerprint density at radius 1 is 1.21 bits per heavy atom. The van der Waals surface area contributed by atoms with Gasteiger partial charge in [-0.3, -0.25) is 0 Å². The Morgan fingerprint density at radius 3 is 2.29 bits per heavy atom. The molecule has 0 spiro atoms. The zero-order valence-electron chi connectivity index (χ0n) is 8.45. The van der Waals surface area contributed by atoms with Crippen molar-refractivity contribution in [1.29, 1.82) is 0 Å². The number of unbranched alkanes of at least 4 members (excludes halogenated alkanes) is 4. The molecule has 0 aromatic heterocycles. The highest BCUT2D eigenvalue weighted by atomic mass is 32.2. The number of amides is 2. The minimum Gasteiger partial charge on any atom is -0.351 e. The Labute approximate surface area is 85.1 Å². The highest BCUT2D eigenvalue weighted by molar-refractivity contribution is 7.90. The van der Waals surface area contributed by atoms with Crippen molar-refractivity contribution in [2.45, 2.75) is 39.0 Å². The summed E-state index contributed by atoms with van der Waals surface area (Å²) in [6.07, 6.45) is 4.70. The number of nitrogens with one attached hydrogen (secondary N) is 1. The standard InChI is InChI=1S/C8H18N2O3S/c1-2-3-4-5-6-7-14(12,13)10-8(9)11/h2-7H2,1H3,(H3,9,10,11). The molecule has 0 rings (SSSR count). The summed E-state index contributed by atoms with van der Waals surface area (Å²) in [5, 5.41) is 0. The van der Waals surface area contributed by atoms with Gasteiger partial charge in [0.05, 0.1) is 5.75 Å². The van der Waals surface area contributed by atoms with Gasteiger partial charge in [-0.1, -0.05) is 32.6 Å². The Bertz CT molecular complexity index is 262. The Hall–Kier alpha value is -0.780. The van der Waals surface area contributed by atoms with Crippen LogP contribution in [0.2, 0.25) is 0 Å². The molecular weight excluding hydrogens is 204 g/mol. The topological polar surface area (TPSA) is 89.3 Å². The van der Waals surface area contributed by atoms with Gasteiger partial charge < -0.3 is 5.73 Å². The average molecular weight is 222 g/mol. The van der Waals surface area contributed by atoms with Crippen molar-refractivity contribution in [2.24, 2.45) is 5.73 Å². The maximum atomic E-state index is 11.1. The average Bonchev–Trinajstić information content (AvgIpc) is 2.01. The first kappa shape index (κ1) is 13.2. The lowest BCUT2D eigenvalue weighted by molar-refractivity contribution is 0.253. The lowest BCUT2D eigenvalue weighted by Gasteiger charge is -2.03. The van der Waals surface area contributed by atoms with E-state index in [1.165, 1.54) is 0 Å². The van der Waals surface area contributed by atoms with Gasteiger partial charge in [0.15, 0.2) is 0 Å². The number of hydrogen-bond donors (Lipinski definition) is 2. The number of hydrogen-bond acceptors (Lipinski definition) is 3. The lowest BCUT2D eigenvalue weighted by atomic mass is 10.2. The van der Waals surface area contributed by atoms with E-state index >= 15 is 0 Å². The number of rotatable bonds is 7. The molecule has 0 heterocycles. The van der Waals surface area contributed by atoms with Crippen LogP contribution in [0.4, 0.5) is 4.79 Å². The van der Waals surface area contributed by atoms with E-state index in [4.69, 9.17) is 5.73 Å². The summed E-state index contributed by atoms with van der Waals surface area (Å²) < 4.78 is 23.8. The van der Waals surface area contributed by atoms with Gasteiger partial charge in [0.1, 0.15) is 0 Å². The van der Waals surface area contributed by atoms with E-state index in [0.717, 1.165) is 25.7 Å². The van der Waals surface area contributed by atoms with Crippen molar-refractivity contribution in [3.63, 3.8) is 0 Å². The van der Waals surface area contributed by atoms with Crippen LogP contribution in [0.15, 0.2) is 0 Å². The van der Waals surface area contributed by atoms with Gasteiger partial charge >= 0.3 is 6.03 Å². The SMILES string of the molecule is CCCCCCCS(=O)(=O)NC(N)=O. The summed E-state index contributed by atoms with van der Waals surface area (Å²) in [6, 6.07) is -1.02. The lowest BCUT2D eigenvalue weighted by Crippen LogP contribution is -2.36. The summed E-state index contributed by atoms with van der Waals surface area (Å²) >= 11 is 0. The highest BCUT2D eigenvalue weighted by Gasteiger charge is 2.10. The molecule has 0 fully saturated rings. The molecule has 0 aromatic rings. The molecule has 0 radical (unpaired) electrons. The van der Waals surface area contributed by atoms with Crippen LogP contribution >= 0.6 is 0 Å². The normalized spacial score (nSPS) is 11.2. The van der Waals surface area contributed by atoms with E-state index in [2.05, 4.69) is 6.92 Å². The van der Waals surface area contributed by atoms with E-state index in [9.17, 15) is 13.2 Å². The van der Waals surface area contributed by atoms with Gasteiger partial charge in [0, 0.05) is 0 Å². The molecule has 14 heavy (non-hydrogen) atoms. The number of sulfonamides is 1. The first-order valence-corrected chi connectivity index (χ1v) is 6.43. The van der Waals surface area contributed by atoms with Gasteiger partial charge in [-0.05, 0) is 6.42 Å². The molecule has 84 valence electrons. The number of urea groups is 1. The quantitative estimate of drug-likeness (QED) is 0.628. The van der Waals surface area contributed by atoms with E-state index in [0.29, 0.717) is 6.42 Å². The number of carbonyl (C=O) groups excluding carboxylic acids is 1. The van der Waals surface area contributed by atoms with Crippen molar-refractivity contribution in [3.8, 4) is 0 Å². The van der Waals surface area contributed by atoms with Crippen LogP contribution in [0.5, 0.6) is 0 Å². The molecule has 0 atom stereocenters. The molecular formula is C8H18N2O3S. The first-order chi connectivity index (χ1) is 6.48. The Kier molecular flexibility index (Phi) is 6.27. The van der Waals surface area contributed by atoms with Crippen LogP contribution in [-0.2, 0) is 10.0 Å². The maximum absolute atomic E-state index is 11.1. The second kappa shape index (κ2) is 6.64. The van der Waals surface area contributed by atoms with E-state index in [1.807, 2.05) is 0 Å². The van der Waals surface area contributed by atoms with Gasteiger partial charge in [0.2, 0.25) is 10.0 Å². The van der Waals surface area contributed by atoms with E-state index in [1.54, 1.807) is 4.72 Å². The van der Waals surface area contributed by atoms with Crippen molar-refractivity contribution < 1.29 is 13.2 Å². The third kappa shape index (κ3) is 7.85. The monoisotopic (exact) mass is 222 g/mol. The van der Waals surface area contributed by atoms with Crippen molar-refractivity contribution in [3.05, 3.63) is 0 Å². The Balaban J connectivity index is 3.61. The summed E-state index contributed by atoms with van der Waals surface area (Å²) in [5.74, 6) is -0.0281. The molecule has 6 heteroatoms. The van der Waals surface area contributed by atoms with Gasteiger partial charge in [-0.25, -0.2) is 17.9 Å². The summed E-state index contributed by atoms with van der Waals surface area (Å²) in [6.45, 7) is 2.09. The Morgan fingerprint density at radius 2 is 1.79 bits per heavy atom. The zero-order chi connectivity index (χ0) is 11.0. The molecule has 2 amide bonds. The van der Waals surface area contributed by atoms with Crippen LogP contribution in [0, 0.1) is 0 Å². The predicted molar refractivity (Wildman–Crippen MR) is 55.3 cm³/mol. The van der Waals surface area contributed by atoms with Crippen molar-refractivity contribution in [2.75, 3.05) is 5.75 Å². The molecule has 0 aromatic carbocycles. The minimum absolute atomic E-state index is 0.0281. The summed E-state index contributed by atoms with van der Waals surface area (Å²) in [4.78, 5) is 10.3. The summed E-state index contributed by atoms with van der Waals surface area (Å²) in [5.41, 5.74) is 4.70. The van der Waals surface area contributed by atoms with Gasteiger partial charge in [0.25, 0.3) is 0 Å². The van der Waals surface area contributed by atoms with Crippen LogP contribution in [-0.4, -0.2) is 20.2 Å². The smallest absolute Gasteiger partial charge is 0.325 e. The first-order valence-electron chi connectivity index (χ1n) is 4.78. The van der Waals surface area contributed by atoms with Crippen LogP contribution in [0.25, 0.3) is 0 Å². The van der Waals surface area contributed by atoms with Crippen molar-refractivity contribution in [1.82, 2.24) is 4.72 Å². The van der Waals surface area contributed by atoms with E-state index < -0.39 is 16.1 Å². The van der Waals surface area contributed by atoms with Crippen molar-refractivity contribution >= 4 is 16.1 Å². The molecule has 0 bridgehead atoms. The molecule has 0 saturated heterocycles. The fourth-order valence-electron chi connectivity index (χ4n) is 1.10. The number of primary amides is 1. The van der Waals surface area contributed by atoms with Gasteiger partial charge in [-0.15, -0.1) is 0 Å². The van der Waals surface area contributed by atoms with E-state index in [-0.39, 0.29) is 5.75 Å². The molecule has 5 nitrogen and oxygen atoms in total. The molecule has 0 aliphatic rings. The summed E-state index contributed by atoms with van der Waals surface area (Å²) in [7, 11) is -3.49. The number of nitrogens with two attached hydrogens (primary N) is 1. The molecule has 0 unspecified atom stereocenters. The zero-order valence-corrected chi connectivity index (χ0v) is 9.27. The minimum atomic E-state index is -3.49. The van der Waals surface area contributed by atoms with Crippen LogP contribution in [0.1, 0.15) is 39.0 Å². The fraction of sp³-hybridized carbons (Fsp3) is 0.875. The number of carbonyl (C=O) groups is 1. The molecule has 0 saturated carbocycles. The fourth-order valence-corrected chi connectivity index (χ4v) is 2.09. The van der Waals surface area contributed by atoms with Crippen LogP contribution in [0.3, 0.4) is 0 Å². The highest BCUT2D eigenvalue weighted by Crippen LogP contribution is 2.03. The second-order valence-electron chi connectivity index (χ2n) is 3.20. The third-order valence-electron chi connectivity index (χ3n) is 1.77. The largest absolute Gasteiger partial charge is 0.351 e. The molecule has 0 aliphatic carbocycles. The third-order valence-corrected chi connectivity index (χ3v) is 3.11. The second-order valence-corrected chi connectivity index (χ2v) is 5.04. The molecule has 0 aliphatic heterocycles. The molecule has 3 N–H and O–H groups in total.